The molecule has 2 saturated heterocycles. The van der Waals surface area contributed by atoms with Gasteiger partial charge < -0.3 is 24.2 Å². The number of carbonyl (C=O) groups is 2. The normalized spacial score (nSPS) is 27.8. The Bertz CT molecular complexity index is 690. The molecule has 0 saturated carbocycles. The fourth-order valence-corrected chi connectivity index (χ4v) is 3.83. The maximum absolute atomic E-state index is 12.6. The van der Waals surface area contributed by atoms with Crippen LogP contribution < -0.4 is 9.47 Å². The van der Waals surface area contributed by atoms with Crippen LogP contribution in [0.3, 0.4) is 0 Å². The molecule has 1 N–H and O–H groups in total. The number of carboxylic acid groups (broad SMARTS) is 1. The van der Waals surface area contributed by atoms with Gasteiger partial charge in [0, 0.05) is 25.6 Å². The molecule has 0 bridgehead atoms. The fourth-order valence-electron chi connectivity index (χ4n) is 3.83. The number of amides is 1. The maximum atomic E-state index is 12.6. The van der Waals surface area contributed by atoms with Gasteiger partial charge in [-0.15, -0.1) is 0 Å². The van der Waals surface area contributed by atoms with Crippen molar-refractivity contribution < 1.29 is 28.9 Å². The number of likely N-dealkylation sites (tertiary alicyclic amines) is 1. The van der Waals surface area contributed by atoms with E-state index in [1.165, 1.54) is 0 Å². The van der Waals surface area contributed by atoms with Crippen LogP contribution in [0.2, 0.25) is 0 Å². The Labute approximate surface area is 139 Å². The molecule has 7 nitrogen and oxygen atoms in total. The highest BCUT2D eigenvalue weighted by atomic mass is 16.7. The SMILES string of the molecule is O=C(Cc1ccc2c(c1)OCO2)N1C[C@@H]2COCC[C@]2(C(=O)O)C1. The van der Waals surface area contributed by atoms with Crippen molar-refractivity contribution in [2.24, 2.45) is 11.3 Å². The molecule has 1 aromatic rings. The first-order chi connectivity index (χ1) is 11.6. The lowest BCUT2D eigenvalue weighted by Gasteiger charge is -2.33. The van der Waals surface area contributed by atoms with Crippen LogP contribution in [-0.2, 0) is 20.7 Å². The second-order valence-electron chi connectivity index (χ2n) is 6.62. The molecule has 3 aliphatic rings. The molecular weight excluding hydrogens is 314 g/mol. The highest BCUT2D eigenvalue weighted by molar-refractivity contribution is 5.82. The number of carboxylic acids is 1. The molecule has 0 aromatic heterocycles. The summed E-state index contributed by atoms with van der Waals surface area (Å²) in [5, 5.41) is 9.67. The van der Waals surface area contributed by atoms with Crippen molar-refractivity contribution in [1.82, 2.24) is 4.90 Å². The zero-order valence-electron chi connectivity index (χ0n) is 13.2. The second-order valence-corrected chi connectivity index (χ2v) is 6.62. The lowest BCUT2D eigenvalue weighted by molar-refractivity contribution is -0.157. The summed E-state index contributed by atoms with van der Waals surface area (Å²) in [5.41, 5.74) is -0.0252. The summed E-state index contributed by atoms with van der Waals surface area (Å²) in [6.45, 7) is 1.74. The number of ether oxygens (including phenoxy) is 3. The van der Waals surface area contributed by atoms with E-state index in [9.17, 15) is 14.7 Å². The average Bonchev–Trinajstić information content (AvgIpc) is 3.19. The lowest BCUT2D eigenvalue weighted by Crippen LogP contribution is -2.45. The van der Waals surface area contributed by atoms with E-state index in [0.717, 1.165) is 5.56 Å². The third-order valence-electron chi connectivity index (χ3n) is 5.28. The number of rotatable bonds is 3. The number of aliphatic carboxylic acids is 1. The van der Waals surface area contributed by atoms with E-state index < -0.39 is 11.4 Å². The molecule has 7 heteroatoms. The van der Waals surface area contributed by atoms with Gasteiger partial charge in [0.25, 0.3) is 0 Å². The summed E-state index contributed by atoms with van der Waals surface area (Å²) in [6, 6.07) is 5.44. The predicted octanol–water partition coefficient (Wildman–Crippen LogP) is 0.907. The highest BCUT2D eigenvalue weighted by Gasteiger charge is 2.54. The molecule has 128 valence electrons. The summed E-state index contributed by atoms with van der Waals surface area (Å²) in [5.74, 6) is 0.300. The summed E-state index contributed by atoms with van der Waals surface area (Å²) in [6.07, 6.45) is 0.681. The van der Waals surface area contributed by atoms with Crippen molar-refractivity contribution >= 4 is 11.9 Å². The first kappa shape index (κ1) is 15.3. The smallest absolute Gasteiger partial charge is 0.311 e. The van der Waals surface area contributed by atoms with Crippen molar-refractivity contribution in [3.8, 4) is 11.5 Å². The fraction of sp³-hybridized carbons (Fsp3) is 0.529. The van der Waals surface area contributed by atoms with Crippen molar-refractivity contribution in [2.75, 3.05) is 33.1 Å². The standard InChI is InChI=1S/C17H19NO6/c19-15(6-11-1-2-13-14(5-11)24-10-23-13)18-7-12-8-22-4-3-17(12,9-18)16(20)21/h1-2,5,12H,3-4,6-10H2,(H,20,21)/t12-,17+/m1/s1. The van der Waals surface area contributed by atoms with Crippen molar-refractivity contribution in [3.05, 3.63) is 23.8 Å². The monoisotopic (exact) mass is 333 g/mol. The first-order valence-electron chi connectivity index (χ1n) is 8.06. The van der Waals surface area contributed by atoms with Gasteiger partial charge in [0.15, 0.2) is 11.5 Å². The van der Waals surface area contributed by atoms with Crippen LogP contribution in [0.25, 0.3) is 0 Å². The van der Waals surface area contributed by atoms with E-state index in [1.54, 1.807) is 17.0 Å². The second kappa shape index (κ2) is 5.66. The van der Waals surface area contributed by atoms with Gasteiger partial charge in [-0.1, -0.05) is 6.07 Å². The first-order valence-corrected chi connectivity index (χ1v) is 8.06. The van der Waals surface area contributed by atoms with Gasteiger partial charge in [0.1, 0.15) is 0 Å². The lowest BCUT2D eigenvalue weighted by atomic mass is 9.74. The summed E-state index contributed by atoms with van der Waals surface area (Å²) < 4.78 is 16.0. The summed E-state index contributed by atoms with van der Waals surface area (Å²) in [4.78, 5) is 26.1. The van der Waals surface area contributed by atoms with Gasteiger partial charge >= 0.3 is 5.97 Å². The molecule has 24 heavy (non-hydrogen) atoms. The van der Waals surface area contributed by atoms with Crippen LogP contribution in [0.4, 0.5) is 0 Å². The Morgan fingerprint density at radius 1 is 1.29 bits per heavy atom. The molecular formula is C17H19NO6. The van der Waals surface area contributed by atoms with Crippen LogP contribution in [-0.4, -0.2) is 55.0 Å². The van der Waals surface area contributed by atoms with Crippen molar-refractivity contribution in [2.45, 2.75) is 12.8 Å². The van der Waals surface area contributed by atoms with E-state index in [-0.39, 0.29) is 31.6 Å². The van der Waals surface area contributed by atoms with Crippen LogP contribution in [0, 0.1) is 11.3 Å². The van der Waals surface area contributed by atoms with Gasteiger partial charge in [0.05, 0.1) is 18.4 Å². The number of benzene rings is 1. The molecule has 2 fully saturated rings. The van der Waals surface area contributed by atoms with Crippen LogP contribution in [0.1, 0.15) is 12.0 Å². The largest absolute Gasteiger partial charge is 0.481 e. The van der Waals surface area contributed by atoms with Gasteiger partial charge in [-0.3, -0.25) is 9.59 Å². The van der Waals surface area contributed by atoms with Gasteiger partial charge in [-0.25, -0.2) is 0 Å². The van der Waals surface area contributed by atoms with Crippen LogP contribution in [0.15, 0.2) is 18.2 Å². The molecule has 0 aliphatic carbocycles. The van der Waals surface area contributed by atoms with E-state index in [1.807, 2.05) is 6.07 Å². The maximum Gasteiger partial charge on any atom is 0.311 e. The zero-order chi connectivity index (χ0) is 16.7. The van der Waals surface area contributed by atoms with Crippen molar-refractivity contribution in [1.29, 1.82) is 0 Å². The summed E-state index contributed by atoms with van der Waals surface area (Å²) in [7, 11) is 0. The molecule has 4 rings (SSSR count). The number of nitrogens with zero attached hydrogens (tertiary/aromatic N) is 1. The molecule has 3 aliphatic heterocycles. The molecule has 0 spiro atoms. The van der Waals surface area contributed by atoms with Crippen LogP contribution in [0.5, 0.6) is 11.5 Å². The van der Waals surface area contributed by atoms with E-state index >= 15 is 0 Å². The van der Waals surface area contributed by atoms with Gasteiger partial charge in [-0.05, 0) is 24.1 Å². The molecule has 0 radical (unpaired) electrons. The van der Waals surface area contributed by atoms with Crippen molar-refractivity contribution in [3.63, 3.8) is 0 Å². The van der Waals surface area contributed by atoms with E-state index in [0.29, 0.717) is 37.7 Å². The third kappa shape index (κ3) is 2.39. The quantitative estimate of drug-likeness (QED) is 0.885. The molecule has 3 heterocycles. The molecule has 1 amide bonds. The molecule has 2 atom stereocenters. The zero-order valence-corrected chi connectivity index (χ0v) is 13.2. The molecule has 1 aromatic carbocycles. The minimum absolute atomic E-state index is 0.0658. The Balaban J connectivity index is 1.48. The van der Waals surface area contributed by atoms with E-state index in [4.69, 9.17) is 14.2 Å². The third-order valence-corrected chi connectivity index (χ3v) is 5.28. The molecule has 0 unspecified atom stereocenters. The Morgan fingerprint density at radius 2 is 2.12 bits per heavy atom. The van der Waals surface area contributed by atoms with Gasteiger partial charge in [0.2, 0.25) is 12.7 Å². The predicted molar refractivity (Wildman–Crippen MR) is 81.8 cm³/mol. The van der Waals surface area contributed by atoms with E-state index in [2.05, 4.69) is 0 Å². The number of carbonyl (C=O) groups excluding carboxylic acids is 1. The number of fused-ring (bicyclic) bond motifs is 2. The minimum atomic E-state index is -0.858. The Hall–Kier alpha value is -2.28. The van der Waals surface area contributed by atoms with Gasteiger partial charge in [-0.2, -0.15) is 0 Å². The van der Waals surface area contributed by atoms with Crippen LogP contribution >= 0.6 is 0 Å². The topological polar surface area (TPSA) is 85.3 Å². The number of hydrogen-bond acceptors (Lipinski definition) is 5. The number of hydrogen-bond donors (Lipinski definition) is 1. The minimum Gasteiger partial charge on any atom is -0.481 e. The summed E-state index contributed by atoms with van der Waals surface area (Å²) >= 11 is 0. The Kier molecular flexibility index (Phi) is 3.60. The Morgan fingerprint density at radius 3 is 2.92 bits per heavy atom. The highest BCUT2D eigenvalue weighted by Crippen LogP contribution is 2.42. The average molecular weight is 333 g/mol.